The number of hydrogen-bond donors (Lipinski definition) is 0. The number of benzene rings is 3. The van der Waals surface area contributed by atoms with Crippen LogP contribution in [0.4, 0.5) is 0 Å². The van der Waals surface area contributed by atoms with Crippen LogP contribution in [0.1, 0.15) is 51.0 Å². The van der Waals surface area contributed by atoms with E-state index in [9.17, 15) is 4.79 Å². The summed E-state index contributed by atoms with van der Waals surface area (Å²) in [5.74, 6) is 0.632. The van der Waals surface area contributed by atoms with Crippen molar-refractivity contribution < 1.29 is 9.53 Å². The number of aromatic nitrogens is 1. The highest BCUT2D eigenvalue weighted by Crippen LogP contribution is 2.54. The predicted molar refractivity (Wildman–Crippen MR) is 134 cm³/mol. The number of carbonyl (C=O) groups is 1. The highest BCUT2D eigenvalue weighted by Gasteiger charge is 2.40. The van der Waals surface area contributed by atoms with Crippen LogP contribution in [0.2, 0.25) is 5.02 Å². The van der Waals surface area contributed by atoms with Crippen LogP contribution in [0.5, 0.6) is 0 Å². The lowest BCUT2D eigenvalue weighted by atomic mass is 10.0. The minimum absolute atomic E-state index is 0.301. The normalized spacial score (nSPS) is 17.4. The molecule has 0 radical (unpaired) electrons. The average Bonchev–Trinajstić information content (AvgIpc) is 3.65. The zero-order chi connectivity index (χ0) is 22.8. The van der Waals surface area contributed by atoms with Gasteiger partial charge in [-0.15, -0.1) is 0 Å². The standard InChI is InChI=1S/C29H24ClNO2/c1-33-29(32)24-11-3-2-8-20(24)9-4-6-19-7-5-10-22(16-19)25-18-26(25)27-15-13-21-12-14-23(30)17-28(21)31-27/h2-8,10-17,25-26H,9,18H2,1H3/b6-4+. The zero-order valence-electron chi connectivity index (χ0n) is 18.4. The Morgan fingerprint density at radius 2 is 1.88 bits per heavy atom. The van der Waals surface area contributed by atoms with Gasteiger partial charge in [-0.2, -0.15) is 0 Å². The summed E-state index contributed by atoms with van der Waals surface area (Å²) in [5, 5.41) is 1.83. The fourth-order valence-electron chi connectivity index (χ4n) is 4.43. The van der Waals surface area contributed by atoms with Crippen LogP contribution in [0.25, 0.3) is 17.0 Å². The minimum atomic E-state index is -0.301. The monoisotopic (exact) mass is 453 g/mol. The Balaban J connectivity index is 1.29. The number of carbonyl (C=O) groups excluding carboxylic acids is 1. The third-order valence-corrected chi connectivity index (χ3v) is 6.49. The number of rotatable bonds is 6. The Bertz CT molecular complexity index is 1360. The number of allylic oxidation sites excluding steroid dienone is 1. The summed E-state index contributed by atoms with van der Waals surface area (Å²) in [6.07, 6.45) is 6.00. The van der Waals surface area contributed by atoms with Gasteiger partial charge in [0.05, 0.1) is 18.2 Å². The van der Waals surface area contributed by atoms with E-state index < -0.39 is 0 Å². The summed E-state index contributed by atoms with van der Waals surface area (Å²) >= 11 is 6.15. The third-order valence-electron chi connectivity index (χ3n) is 6.26. The van der Waals surface area contributed by atoms with Gasteiger partial charge in [0.1, 0.15) is 0 Å². The fraction of sp³-hybridized carbons (Fsp3) is 0.172. The molecule has 0 N–H and O–H groups in total. The summed E-state index contributed by atoms with van der Waals surface area (Å²) in [6.45, 7) is 0. The highest BCUT2D eigenvalue weighted by atomic mass is 35.5. The molecular formula is C29H24ClNO2. The molecule has 1 aliphatic carbocycles. The van der Waals surface area contributed by atoms with Gasteiger partial charge in [-0.1, -0.05) is 78.4 Å². The van der Waals surface area contributed by atoms with E-state index in [1.165, 1.54) is 12.7 Å². The molecule has 5 rings (SSSR count). The van der Waals surface area contributed by atoms with Crippen LogP contribution >= 0.6 is 11.6 Å². The number of methoxy groups -OCH3 is 1. The number of pyridine rings is 1. The van der Waals surface area contributed by atoms with Crippen molar-refractivity contribution >= 4 is 34.5 Å². The van der Waals surface area contributed by atoms with Crippen LogP contribution in [-0.2, 0) is 11.2 Å². The molecule has 1 saturated carbocycles. The lowest BCUT2D eigenvalue weighted by molar-refractivity contribution is 0.0599. The second-order valence-corrected chi connectivity index (χ2v) is 8.88. The zero-order valence-corrected chi connectivity index (χ0v) is 19.1. The second-order valence-electron chi connectivity index (χ2n) is 8.45. The fourth-order valence-corrected chi connectivity index (χ4v) is 4.59. The van der Waals surface area contributed by atoms with E-state index in [1.807, 2.05) is 36.4 Å². The van der Waals surface area contributed by atoms with E-state index >= 15 is 0 Å². The van der Waals surface area contributed by atoms with Crippen molar-refractivity contribution in [2.24, 2.45) is 0 Å². The molecular weight excluding hydrogens is 430 g/mol. The lowest BCUT2D eigenvalue weighted by Crippen LogP contribution is -2.04. The molecule has 1 heterocycles. The van der Waals surface area contributed by atoms with Crippen molar-refractivity contribution in [2.45, 2.75) is 24.7 Å². The molecule has 0 bridgehead atoms. The maximum Gasteiger partial charge on any atom is 0.338 e. The van der Waals surface area contributed by atoms with Crippen LogP contribution in [0.15, 0.2) is 84.9 Å². The predicted octanol–water partition coefficient (Wildman–Crippen LogP) is 7.20. The van der Waals surface area contributed by atoms with Crippen molar-refractivity contribution in [3.63, 3.8) is 0 Å². The van der Waals surface area contributed by atoms with E-state index in [0.717, 1.165) is 34.1 Å². The molecule has 0 amide bonds. The number of hydrogen-bond acceptors (Lipinski definition) is 3. The third kappa shape index (κ3) is 4.69. The van der Waals surface area contributed by atoms with Gasteiger partial charge in [0, 0.05) is 22.0 Å². The van der Waals surface area contributed by atoms with E-state index in [-0.39, 0.29) is 5.97 Å². The summed E-state index contributed by atoms with van der Waals surface area (Å²) in [6, 6.07) is 26.4. The first-order valence-electron chi connectivity index (χ1n) is 11.1. The SMILES string of the molecule is COC(=O)c1ccccc1C/C=C/c1cccc(C2CC2c2ccc3ccc(Cl)cc3n2)c1. The molecule has 164 valence electrons. The van der Waals surface area contributed by atoms with Gasteiger partial charge in [0.15, 0.2) is 0 Å². The number of ether oxygens (including phenoxy) is 1. The van der Waals surface area contributed by atoms with E-state index in [0.29, 0.717) is 28.8 Å². The van der Waals surface area contributed by atoms with Crippen LogP contribution < -0.4 is 0 Å². The largest absolute Gasteiger partial charge is 0.465 e. The molecule has 33 heavy (non-hydrogen) atoms. The summed E-state index contributed by atoms with van der Waals surface area (Å²) in [7, 11) is 1.41. The molecule has 4 heteroatoms. The maximum atomic E-state index is 12.0. The lowest BCUT2D eigenvalue weighted by Gasteiger charge is -2.06. The summed E-state index contributed by atoms with van der Waals surface area (Å²) in [5.41, 5.74) is 6.16. The van der Waals surface area contributed by atoms with Crippen molar-refractivity contribution in [2.75, 3.05) is 7.11 Å². The van der Waals surface area contributed by atoms with Crippen LogP contribution in [-0.4, -0.2) is 18.1 Å². The first kappa shape index (κ1) is 21.4. The van der Waals surface area contributed by atoms with E-state index in [2.05, 4.69) is 48.6 Å². The molecule has 4 aromatic rings. The smallest absolute Gasteiger partial charge is 0.338 e. The van der Waals surface area contributed by atoms with Crippen LogP contribution in [0.3, 0.4) is 0 Å². The average molecular weight is 454 g/mol. The van der Waals surface area contributed by atoms with Crippen LogP contribution in [0, 0.1) is 0 Å². The van der Waals surface area contributed by atoms with Crippen molar-refractivity contribution in [3.05, 3.63) is 118 Å². The van der Waals surface area contributed by atoms with Crippen molar-refractivity contribution in [3.8, 4) is 0 Å². The van der Waals surface area contributed by atoms with Gasteiger partial charge in [-0.3, -0.25) is 4.98 Å². The maximum absolute atomic E-state index is 12.0. The van der Waals surface area contributed by atoms with Crippen molar-refractivity contribution in [1.82, 2.24) is 4.98 Å². The Morgan fingerprint density at radius 3 is 2.76 bits per heavy atom. The molecule has 2 atom stereocenters. The molecule has 0 aliphatic heterocycles. The molecule has 3 aromatic carbocycles. The van der Waals surface area contributed by atoms with Gasteiger partial charge in [0.2, 0.25) is 0 Å². The molecule has 0 saturated heterocycles. The first-order valence-corrected chi connectivity index (χ1v) is 11.5. The molecule has 1 aliphatic rings. The molecule has 1 aromatic heterocycles. The quantitative estimate of drug-likeness (QED) is 0.290. The van der Waals surface area contributed by atoms with E-state index in [4.69, 9.17) is 21.3 Å². The molecule has 0 spiro atoms. The Labute approximate surface area is 198 Å². The molecule has 3 nitrogen and oxygen atoms in total. The number of halogens is 1. The topological polar surface area (TPSA) is 39.2 Å². The summed E-state index contributed by atoms with van der Waals surface area (Å²) < 4.78 is 4.89. The number of esters is 1. The highest BCUT2D eigenvalue weighted by molar-refractivity contribution is 6.31. The Morgan fingerprint density at radius 1 is 1.03 bits per heavy atom. The van der Waals surface area contributed by atoms with Gasteiger partial charge in [-0.05, 0) is 59.7 Å². The Hall–Kier alpha value is -3.43. The van der Waals surface area contributed by atoms with Crippen molar-refractivity contribution in [1.29, 1.82) is 0 Å². The number of fused-ring (bicyclic) bond motifs is 1. The first-order chi connectivity index (χ1) is 16.1. The van der Waals surface area contributed by atoms with Gasteiger partial charge < -0.3 is 4.74 Å². The Kier molecular flexibility index (Phi) is 5.97. The van der Waals surface area contributed by atoms with Gasteiger partial charge >= 0.3 is 5.97 Å². The summed E-state index contributed by atoms with van der Waals surface area (Å²) in [4.78, 5) is 16.8. The van der Waals surface area contributed by atoms with Gasteiger partial charge in [0.25, 0.3) is 0 Å². The second kappa shape index (κ2) is 9.21. The molecule has 2 unspecified atom stereocenters. The van der Waals surface area contributed by atoms with E-state index in [1.54, 1.807) is 6.07 Å². The molecule has 1 fully saturated rings. The van der Waals surface area contributed by atoms with Gasteiger partial charge in [-0.25, -0.2) is 4.79 Å². The number of nitrogens with zero attached hydrogens (tertiary/aromatic N) is 1. The minimum Gasteiger partial charge on any atom is -0.465 e.